The van der Waals surface area contributed by atoms with Gasteiger partial charge in [0.1, 0.15) is 16.5 Å². The van der Waals surface area contributed by atoms with Gasteiger partial charge >= 0.3 is 0 Å². The van der Waals surface area contributed by atoms with Crippen LogP contribution in [0, 0.1) is 5.92 Å². The van der Waals surface area contributed by atoms with E-state index in [4.69, 9.17) is 15.5 Å². The first-order valence-electron chi connectivity index (χ1n) is 11.1. The van der Waals surface area contributed by atoms with Crippen molar-refractivity contribution in [1.29, 1.82) is 0 Å². The SMILES string of the molecule is COc1ccc(-c2ccc(C(=O)NS(=O)(=O)c3cccnc3N)c(N3CCC(C)C3(C)C)n2)cn1. The number of hydrogen-bond acceptors (Lipinski definition) is 9. The van der Waals surface area contributed by atoms with Crippen molar-refractivity contribution in [2.45, 2.75) is 37.6 Å². The number of nitrogens with one attached hydrogen (secondary N) is 1. The summed E-state index contributed by atoms with van der Waals surface area (Å²) in [5, 5.41) is 0. The molecule has 1 fully saturated rings. The maximum atomic E-state index is 13.3. The van der Waals surface area contributed by atoms with E-state index in [1.165, 1.54) is 25.4 Å². The van der Waals surface area contributed by atoms with Crippen molar-refractivity contribution in [3.8, 4) is 17.1 Å². The number of carbonyl (C=O) groups excluding carboxylic acids is 1. The van der Waals surface area contributed by atoms with Gasteiger partial charge in [0.25, 0.3) is 15.9 Å². The highest BCUT2D eigenvalue weighted by Gasteiger charge is 2.41. The van der Waals surface area contributed by atoms with Crippen LogP contribution in [0.25, 0.3) is 11.3 Å². The second kappa shape index (κ2) is 9.14. The van der Waals surface area contributed by atoms with E-state index >= 15 is 0 Å². The second-order valence-electron chi connectivity index (χ2n) is 8.97. The van der Waals surface area contributed by atoms with E-state index in [9.17, 15) is 13.2 Å². The Morgan fingerprint density at radius 1 is 1.20 bits per heavy atom. The van der Waals surface area contributed by atoms with Crippen LogP contribution in [0.2, 0.25) is 0 Å². The first-order valence-corrected chi connectivity index (χ1v) is 12.6. The Labute approximate surface area is 204 Å². The smallest absolute Gasteiger partial charge is 0.268 e. The van der Waals surface area contributed by atoms with Gasteiger partial charge in [-0.1, -0.05) is 6.92 Å². The molecule has 0 spiro atoms. The van der Waals surface area contributed by atoms with Gasteiger partial charge in [0.05, 0.1) is 18.4 Å². The number of nitrogens with zero attached hydrogens (tertiary/aromatic N) is 4. The highest BCUT2D eigenvalue weighted by molar-refractivity contribution is 7.90. The van der Waals surface area contributed by atoms with Crippen LogP contribution in [0.15, 0.2) is 53.7 Å². The fourth-order valence-corrected chi connectivity index (χ4v) is 5.17. The van der Waals surface area contributed by atoms with Gasteiger partial charge in [-0.25, -0.2) is 28.1 Å². The predicted octanol–water partition coefficient (Wildman–Crippen LogP) is 2.87. The monoisotopic (exact) mass is 496 g/mol. The lowest BCUT2D eigenvalue weighted by Crippen LogP contribution is -2.43. The number of methoxy groups -OCH3 is 1. The minimum atomic E-state index is -4.25. The third-order valence-electron chi connectivity index (χ3n) is 6.62. The molecule has 184 valence electrons. The zero-order chi connectivity index (χ0) is 25.4. The molecule has 1 aliphatic heterocycles. The highest BCUT2D eigenvalue weighted by atomic mass is 32.2. The molecule has 0 aromatic carbocycles. The topological polar surface area (TPSA) is 140 Å². The molecule has 1 aliphatic rings. The van der Waals surface area contributed by atoms with Crippen LogP contribution >= 0.6 is 0 Å². The summed E-state index contributed by atoms with van der Waals surface area (Å²) in [6.45, 7) is 6.99. The lowest BCUT2D eigenvalue weighted by Gasteiger charge is -2.36. The number of ether oxygens (including phenoxy) is 1. The van der Waals surface area contributed by atoms with E-state index in [2.05, 4.69) is 40.4 Å². The van der Waals surface area contributed by atoms with Crippen molar-refractivity contribution in [2.24, 2.45) is 5.92 Å². The molecule has 1 saturated heterocycles. The molecule has 0 radical (unpaired) electrons. The quantitative estimate of drug-likeness (QED) is 0.527. The van der Waals surface area contributed by atoms with Gasteiger partial charge in [-0.2, -0.15) is 0 Å². The van der Waals surface area contributed by atoms with E-state index in [-0.39, 0.29) is 21.8 Å². The van der Waals surface area contributed by atoms with E-state index in [0.717, 1.165) is 12.0 Å². The van der Waals surface area contributed by atoms with Gasteiger partial charge in [-0.15, -0.1) is 0 Å². The molecule has 0 saturated carbocycles. The Balaban J connectivity index is 1.77. The molecule has 1 unspecified atom stereocenters. The van der Waals surface area contributed by atoms with Crippen molar-refractivity contribution < 1.29 is 17.9 Å². The standard InChI is InChI=1S/C24H28N6O4S/c1-15-11-13-30(24(15,2)3)22-17(8-9-18(28-22)16-7-10-20(34-4)27-14-16)23(31)29-35(32,33)19-6-5-12-26-21(19)25/h5-10,12,14-15H,11,13H2,1-4H3,(H2,25,26)(H,29,31). The fraction of sp³-hybridized carbons (Fsp3) is 0.333. The van der Waals surface area contributed by atoms with E-state index in [0.29, 0.717) is 29.9 Å². The molecule has 4 rings (SSSR count). The Bertz CT molecular complexity index is 1360. The number of rotatable bonds is 6. The minimum Gasteiger partial charge on any atom is -0.481 e. The van der Waals surface area contributed by atoms with Gasteiger partial charge in [0, 0.05) is 36.1 Å². The van der Waals surface area contributed by atoms with Crippen molar-refractivity contribution >= 4 is 27.6 Å². The Kier molecular flexibility index (Phi) is 6.37. The molecule has 3 aromatic heterocycles. The number of nitrogens with two attached hydrogens (primary N) is 1. The second-order valence-corrected chi connectivity index (χ2v) is 10.6. The summed E-state index contributed by atoms with van der Waals surface area (Å²) in [4.78, 5) is 27.9. The van der Waals surface area contributed by atoms with E-state index in [1.807, 2.05) is 6.07 Å². The normalized spacial score (nSPS) is 17.3. The number of pyridine rings is 3. The van der Waals surface area contributed by atoms with Crippen LogP contribution in [0.4, 0.5) is 11.6 Å². The number of nitrogen functional groups attached to an aromatic ring is 1. The first-order chi connectivity index (χ1) is 16.5. The van der Waals surface area contributed by atoms with Gasteiger partial charge in [-0.05, 0) is 56.5 Å². The lowest BCUT2D eigenvalue weighted by molar-refractivity contribution is 0.0981. The summed E-state index contributed by atoms with van der Waals surface area (Å²) >= 11 is 0. The molecule has 3 N–H and O–H groups in total. The third-order valence-corrected chi connectivity index (χ3v) is 8.00. The number of sulfonamides is 1. The summed E-state index contributed by atoms with van der Waals surface area (Å²) in [7, 11) is -2.71. The zero-order valence-corrected chi connectivity index (χ0v) is 20.8. The highest BCUT2D eigenvalue weighted by Crippen LogP contribution is 2.39. The van der Waals surface area contributed by atoms with Crippen LogP contribution in [0.3, 0.4) is 0 Å². The molecule has 1 atom stereocenters. The van der Waals surface area contributed by atoms with Gasteiger partial charge < -0.3 is 15.4 Å². The summed E-state index contributed by atoms with van der Waals surface area (Å²) in [5.74, 6) is 0.220. The largest absolute Gasteiger partial charge is 0.481 e. The van der Waals surface area contributed by atoms with Crippen molar-refractivity contribution in [3.05, 3.63) is 54.4 Å². The number of aromatic nitrogens is 3. The van der Waals surface area contributed by atoms with Crippen LogP contribution in [0.1, 0.15) is 37.6 Å². The molecule has 0 bridgehead atoms. The fourth-order valence-electron chi connectivity index (χ4n) is 4.12. The number of hydrogen-bond donors (Lipinski definition) is 2. The van der Waals surface area contributed by atoms with Gasteiger partial charge in [0.15, 0.2) is 0 Å². The zero-order valence-electron chi connectivity index (χ0n) is 20.0. The Morgan fingerprint density at radius 2 is 1.97 bits per heavy atom. The van der Waals surface area contributed by atoms with E-state index in [1.54, 1.807) is 24.4 Å². The summed E-state index contributed by atoms with van der Waals surface area (Å²) in [6.07, 6.45) is 3.92. The predicted molar refractivity (Wildman–Crippen MR) is 133 cm³/mol. The molecule has 1 amide bonds. The average molecular weight is 497 g/mol. The van der Waals surface area contributed by atoms with Crippen LogP contribution in [0.5, 0.6) is 5.88 Å². The molecule has 35 heavy (non-hydrogen) atoms. The average Bonchev–Trinajstić information content (AvgIpc) is 3.10. The van der Waals surface area contributed by atoms with E-state index < -0.39 is 15.9 Å². The number of anilines is 2. The van der Waals surface area contributed by atoms with Crippen LogP contribution in [-0.2, 0) is 10.0 Å². The minimum absolute atomic E-state index is 0.142. The van der Waals surface area contributed by atoms with Crippen molar-refractivity contribution in [1.82, 2.24) is 19.7 Å². The van der Waals surface area contributed by atoms with Gasteiger partial charge in [0.2, 0.25) is 5.88 Å². The maximum Gasteiger partial charge on any atom is 0.268 e. The molecular formula is C24H28N6O4S. The molecule has 0 aliphatic carbocycles. The number of amides is 1. The lowest BCUT2D eigenvalue weighted by atomic mass is 9.90. The Hall–Kier alpha value is -3.73. The molecule has 10 nitrogen and oxygen atoms in total. The van der Waals surface area contributed by atoms with Crippen molar-refractivity contribution in [2.75, 3.05) is 24.3 Å². The first kappa shape index (κ1) is 24.4. The third kappa shape index (κ3) is 4.63. The summed E-state index contributed by atoms with van der Waals surface area (Å²) in [5.41, 5.74) is 6.91. The maximum absolute atomic E-state index is 13.3. The summed E-state index contributed by atoms with van der Waals surface area (Å²) < 4.78 is 33.0. The van der Waals surface area contributed by atoms with Crippen LogP contribution in [-0.4, -0.2) is 48.5 Å². The molecule has 11 heteroatoms. The van der Waals surface area contributed by atoms with Gasteiger partial charge in [-0.3, -0.25) is 4.79 Å². The molecular weight excluding hydrogens is 468 g/mol. The summed E-state index contributed by atoms with van der Waals surface area (Å²) in [6, 6.07) is 9.53. The van der Waals surface area contributed by atoms with Crippen LogP contribution < -0.4 is 20.1 Å². The van der Waals surface area contributed by atoms with Crippen molar-refractivity contribution in [3.63, 3.8) is 0 Å². The Morgan fingerprint density at radius 3 is 2.57 bits per heavy atom. The molecule has 4 heterocycles. The molecule has 3 aromatic rings. The number of carbonyl (C=O) groups is 1.